The molecule has 0 atom stereocenters. The van der Waals surface area contributed by atoms with E-state index in [2.05, 4.69) is 65.3 Å². The summed E-state index contributed by atoms with van der Waals surface area (Å²) in [5.41, 5.74) is 4.46. The van der Waals surface area contributed by atoms with Crippen molar-refractivity contribution in [1.82, 2.24) is 0 Å². The van der Waals surface area contributed by atoms with Gasteiger partial charge in [0.15, 0.2) is 0 Å². The molecule has 0 aliphatic heterocycles. The normalized spacial score (nSPS) is 13.7. The predicted octanol–water partition coefficient (Wildman–Crippen LogP) is 5.08. The summed E-state index contributed by atoms with van der Waals surface area (Å²) >= 11 is 0. The first kappa shape index (κ1) is 12.5. The molecule has 1 aliphatic carbocycles. The molecule has 1 aliphatic rings. The van der Waals surface area contributed by atoms with Crippen molar-refractivity contribution >= 4 is 17.1 Å². The third kappa shape index (κ3) is 3.29. The SMILES string of the molecule is C1=CC(Nc2cccc(Nc3ccccc3)c2)=CCC1. The van der Waals surface area contributed by atoms with Crippen molar-refractivity contribution in [2.24, 2.45) is 0 Å². The van der Waals surface area contributed by atoms with E-state index in [1.54, 1.807) is 0 Å². The van der Waals surface area contributed by atoms with E-state index in [9.17, 15) is 0 Å². The molecule has 2 aromatic rings. The first-order chi connectivity index (χ1) is 9.90. The van der Waals surface area contributed by atoms with Crippen molar-refractivity contribution in [3.8, 4) is 0 Å². The predicted molar refractivity (Wildman–Crippen MR) is 86.2 cm³/mol. The Hall–Kier alpha value is -2.48. The first-order valence-corrected chi connectivity index (χ1v) is 6.96. The van der Waals surface area contributed by atoms with Crippen molar-refractivity contribution in [2.75, 3.05) is 10.6 Å². The molecule has 0 amide bonds. The van der Waals surface area contributed by atoms with E-state index in [0.717, 1.165) is 29.9 Å². The van der Waals surface area contributed by atoms with E-state index in [-0.39, 0.29) is 0 Å². The first-order valence-electron chi connectivity index (χ1n) is 6.96. The van der Waals surface area contributed by atoms with Crippen LogP contribution in [0.2, 0.25) is 0 Å². The lowest BCUT2D eigenvalue weighted by atomic mass is 10.1. The summed E-state index contributed by atoms with van der Waals surface area (Å²) in [6.07, 6.45) is 8.83. The molecule has 2 nitrogen and oxygen atoms in total. The van der Waals surface area contributed by atoms with Gasteiger partial charge in [-0.2, -0.15) is 0 Å². The third-order valence-electron chi connectivity index (χ3n) is 3.21. The van der Waals surface area contributed by atoms with Crippen LogP contribution in [0.4, 0.5) is 17.1 Å². The minimum Gasteiger partial charge on any atom is -0.356 e. The topological polar surface area (TPSA) is 24.1 Å². The average molecular weight is 262 g/mol. The highest BCUT2D eigenvalue weighted by Gasteiger charge is 2.00. The molecular weight excluding hydrogens is 244 g/mol. The van der Waals surface area contributed by atoms with E-state index in [4.69, 9.17) is 0 Å². The van der Waals surface area contributed by atoms with Gasteiger partial charge in [-0.1, -0.05) is 36.4 Å². The molecule has 0 unspecified atom stereocenters. The van der Waals surface area contributed by atoms with Crippen LogP contribution in [0, 0.1) is 0 Å². The quantitative estimate of drug-likeness (QED) is 0.803. The Kier molecular flexibility index (Phi) is 3.83. The molecule has 0 heterocycles. The minimum absolute atomic E-state index is 1.08. The fourth-order valence-electron chi connectivity index (χ4n) is 2.24. The van der Waals surface area contributed by atoms with Crippen LogP contribution < -0.4 is 10.6 Å². The molecule has 0 aromatic heterocycles. The lowest BCUT2D eigenvalue weighted by Crippen LogP contribution is -1.99. The monoisotopic (exact) mass is 262 g/mol. The van der Waals surface area contributed by atoms with Gasteiger partial charge in [-0.25, -0.2) is 0 Å². The molecule has 100 valence electrons. The standard InChI is InChI=1S/C18H18N2/c1-3-8-15(9-4-1)19-17-12-7-13-18(14-17)20-16-10-5-2-6-11-16/h1,3-5,7-14,19-20H,2,6H2. The highest BCUT2D eigenvalue weighted by molar-refractivity contribution is 5.65. The molecular formula is C18H18N2. The zero-order chi connectivity index (χ0) is 13.6. The second-order valence-electron chi connectivity index (χ2n) is 4.84. The lowest BCUT2D eigenvalue weighted by Gasteiger charge is -2.12. The molecule has 0 radical (unpaired) electrons. The van der Waals surface area contributed by atoms with Crippen LogP contribution in [0.15, 0.2) is 78.5 Å². The largest absolute Gasteiger partial charge is 0.356 e. The number of nitrogens with one attached hydrogen (secondary N) is 2. The van der Waals surface area contributed by atoms with E-state index < -0.39 is 0 Å². The van der Waals surface area contributed by atoms with E-state index >= 15 is 0 Å². The molecule has 0 saturated carbocycles. The Morgan fingerprint density at radius 1 is 0.700 bits per heavy atom. The number of allylic oxidation sites excluding steroid dienone is 3. The van der Waals surface area contributed by atoms with Gasteiger partial charge in [0.1, 0.15) is 0 Å². The number of benzene rings is 2. The average Bonchev–Trinajstić information content (AvgIpc) is 2.50. The van der Waals surface area contributed by atoms with Gasteiger partial charge >= 0.3 is 0 Å². The van der Waals surface area contributed by atoms with Gasteiger partial charge in [-0.05, 0) is 49.2 Å². The Morgan fingerprint density at radius 2 is 1.45 bits per heavy atom. The molecule has 3 rings (SSSR count). The van der Waals surface area contributed by atoms with Gasteiger partial charge in [0, 0.05) is 22.8 Å². The zero-order valence-electron chi connectivity index (χ0n) is 11.3. The van der Waals surface area contributed by atoms with E-state index in [1.807, 2.05) is 18.2 Å². The van der Waals surface area contributed by atoms with Crippen LogP contribution in [0.5, 0.6) is 0 Å². The summed E-state index contributed by atoms with van der Waals surface area (Å²) in [5, 5.41) is 6.85. The lowest BCUT2D eigenvalue weighted by molar-refractivity contribution is 1.02. The molecule has 0 spiro atoms. The summed E-state index contributed by atoms with van der Waals surface area (Å²) in [4.78, 5) is 0. The zero-order valence-corrected chi connectivity index (χ0v) is 11.3. The molecule has 2 N–H and O–H groups in total. The summed E-state index contributed by atoms with van der Waals surface area (Å²) < 4.78 is 0. The Balaban J connectivity index is 1.73. The smallest absolute Gasteiger partial charge is 0.0405 e. The van der Waals surface area contributed by atoms with Crippen LogP contribution in [0.3, 0.4) is 0 Å². The van der Waals surface area contributed by atoms with Crippen molar-refractivity contribution in [2.45, 2.75) is 12.8 Å². The van der Waals surface area contributed by atoms with Gasteiger partial charge < -0.3 is 10.6 Å². The van der Waals surface area contributed by atoms with Crippen molar-refractivity contribution in [3.63, 3.8) is 0 Å². The second kappa shape index (κ2) is 6.11. The molecule has 20 heavy (non-hydrogen) atoms. The summed E-state index contributed by atoms with van der Waals surface area (Å²) in [5.74, 6) is 0. The van der Waals surface area contributed by atoms with E-state index in [1.165, 1.54) is 5.70 Å². The number of para-hydroxylation sites is 1. The number of hydrogen-bond donors (Lipinski definition) is 2. The molecule has 0 bridgehead atoms. The van der Waals surface area contributed by atoms with E-state index in [0.29, 0.717) is 0 Å². The highest BCUT2D eigenvalue weighted by atomic mass is 14.9. The highest BCUT2D eigenvalue weighted by Crippen LogP contribution is 2.22. The van der Waals surface area contributed by atoms with Gasteiger partial charge in [0.05, 0.1) is 0 Å². The molecule has 0 fully saturated rings. The van der Waals surface area contributed by atoms with Gasteiger partial charge in [-0.15, -0.1) is 0 Å². The van der Waals surface area contributed by atoms with Crippen molar-refractivity contribution in [1.29, 1.82) is 0 Å². The fourth-order valence-corrected chi connectivity index (χ4v) is 2.24. The summed E-state index contributed by atoms with van der Waals surface area (Å²) in [6.45, 7) is 0. The number of hydrogen-bond acceptors (Lipinski definition) is 2. The van der Waals surface area contributed by atoms with Gasteiger partial charge in [0.25, 0.3) is 0 Å². The van der Waals surface area contributed by atoms with Crippen LogP contribution in [0.1, 0.15) is 12.8 Å². The van der Waals surface area contributed by atoms with Crippen LogP contribution in [-0.2, 0) is 0 Å². The second-order valence-corrected chi connectivity index (χ2v) is 4.84. The van der Waals surface area contributed by atoms with Gasteiger partial charge in [0.2, 0.25) is 0 Å². The summed E-state index contributed by atoms with van der Waals surface area (Å²) in [6, 6.07) is 18.5. The summed E-state index contributed by atoms with van der Waals surface area (Å²) in [7, 11) is 0. The Morgan fingerprint density at radius 3 is 2.20 bits per heavy atom. The van der Waals surface area contributed by atoms with Crippen molar-refractivity contribution < 1.29 is 0 Å². The molecule has 2 aromatic carbocycles. The van der Waals surface area contributed by atoms with Crippen LogP contribution >= 0.6 is 0 Å². The minimum atomic E-state index is 1.08. The third-order valence-corrected chi connectivity index (χ3v) is 3.21. The van der Waals surface area contributed by atoms with Crippen molar-refractivity contribution in [3.05, 3.63) is 78.5 Å². The van der Waals surface area contributed by atoms with Crippen LogP contribution in [-0.4, -0.2) is 0 Å². The number of anilines is 3. The maximum atomic E-state index is 3.44. The molecule has 0 saturated heterocycles. The molecule has 2 heteroatoms. The Labute approximate surface area is 119 Å². The fraction of sp³-hybridized carbons (Fsp3) is 0.111. The van der Waals surface area contributed by atoms with Gasteiger partial charge in [-0.3, -0.25) is 0 Å². The maximum Gasteiger partial charge on any atom is 0.0405 e. The van der Waals surface area contributed by atoms with Crippen LogP contribution in [0.25, 0.3) is 0 Å². The maximum absolute atomic E-state index is 3.44. The Bertz CT molecular complexity index is 627. The number of rotatable bonds is 4.